The molecule has 0 rings (SSSR count). The van der Waals surface area contributed by atoms with Crippen LogP contribution in [-0.4, -0.2) is 12.6 Å². The third kappa shape index (κ3) is 7.12. The van der Waals surface area contributed by atoms with Crippen LogP contribution in [0, 0.1) is 23.7 Å². The Morgan fingerprint density at radius 1 is 1.50 bits per heavy atom. The fourth-order valence-corrected chi connectivity index (χ4v) is 0.910. The number of terminal acetylenes is 1. The van der Waals surface area contributed by atoms with Gasteiger partial charge in [0.15, 0.2) is 0 Å². The van der Waals surface area contributed by atoms with Gasteiger partial charge in [-0.2, -0.15) is 5.26 Å². The third-order valence-electron chi connectivity index (χ3n) is 1.64. The molecule has 0 saturated carbocycles. The quantitative estimate of drug-likeness (QED) is 0.479. The molecule has 0 radical (unpaired) electrons. The molecule has 1 unspecified atom stereocenters. The van der Waals surface area contributed by atoms with Crippen LogP contribution in [0.25, 0.3) is 0 Å². The van der Waals surface area contributed by atoms with Gasteiger partial charge in [0, 0.05) is 12.5 Å². The molecule has 12 heavy (non-hydrogen) atoms. The van der Waals surface area contributed by atoms with Crippen molar-refractivity contribution in [1.82, 2.24) is 5.32 Å². The number of hydrogen-bond acceptors (Lipinski definition) is 2. The first-order valence-corrected chi connectivity index (χ1v) is 4.35. The molecule has 2 heteroatoms. The molecule has 2 nitrogen and oxygen atoms in total. The molecule has 0 aliphatic carbocycles. The molecule has 0 spiro atoms. The second kappa shape index (κ2) is 8.11. The number of nitriles is 1. The smallest absolute Gasteiger partial charge is 0.0638 e. The van der Waals surface area contributed by atoms with Crippen LogP contribution in [0.15, 0.2) is 0 Å². The Hall–Kier alpha value is -0.990. The zero-order valence-electron chi connectivity index (χ0n) is 7.64. The molecule has 0 aliphatic heterocycles. The summed E-state index contributed by atoms with van der Waals surface area (Å²) in [5, 5.41) is 11.6. The molecule has 1 N–H and O–H groups in total. The Morgan fingerprint density at radius 2 is 2.25 bits per heavy atom. The lowest BCUT2D eigenvalue weighted by Gasteiger charge is -2.08. The predicted molar refractivity (Wildman–Crippen MR) is 50.4 cm³/mol. The summed E-state index contributed by atoms with van der Waals surface area (Å²) >= 11 is 0. The maximum absolute atomic E-state index is 8.36. The molecular weight excluding hydrogens is 148 g/mol. The first-order valence-electron chi connectivity index (χ1n) is 4.35. The Morgan fingerprint density at radius 3 is 2.83 bits per heavy atom. The first kappa shape index (κ1) is 11.0. The molecule has 0 aromatic heterocycles. The first-order chi connectivity index (χ1) is 5.81. The van der Waals surface area contributed by atoms with E-state index in [-0.39, 0.29) is 0 Å². The summed E-state index contributed by atoms with van der Waals surface area (Å²) in [4.78, 5) is 0. The molecule has 0 aromatic carbocycles. The van der Waals surface area contributed by atoms with E-state index in [2.05, 4.69) is 17.3 Å². The van der Waals surface area contributed by atoms with Crippen LogP contribution < -0.4 is 5.32 Å². The summed E-state index contributed by atoms with van der Waals surface area (Å²) in [7, 11) is 0. The molecule has 0 saturated heterocycles. The lowest BCUT2D eigenvalue weighted by molar-refractivity contribution is 0.537. The van der Waals surface area contributed by atoms with Gasteiger partial charge >= 0.3 is 0 Å². The monoisotopic (exact) mass is 164 g/mol. The lowest BCUT2D eigenvalue weighted by atomic mass is 10.2. The summed E-state index contributed by atoms with van der Waals surface area (Å²) in [5.41, 5.74) is 0. The van der Waals surface area contributed by atoms with Gasteiger partial charge in [0.1, 0.15) is 0 Å². The van der Waals surface area contributed by atoms with Gasteiger partial charge in [0.25, 0.3) is 0 Å². The van der Waals surface area contributed by atoms with Crippen molar-refractivity contribution in [3.05, 3.63) is 0 Å². The van der Waals surface area contributed by atoms with Crippen LogP contribution in [-0.2, 0) is 0 Å². The third-order valence-corrected chi connectivity index (χ3v) is 1.64. The molecule has 0 amide bonds. The van der Waals surface area contributed by atoms with E-state index in [9.17, 15) is 0 Å². The van der Waals surface area contributed by atoms with Gasteiger partial charge in [0.05, 0.1) is 12.5 Å². The van der Waals surface area contributed by atoms with Crippen LogP contribution in [0.2, 0.25) is 0 Å². The maximum atomic E-state index is 8.36. The van der Waals surface area contributed by atoms with Crippen molar-refractivity contribution in [2.75, 3.05) is 6.54 Å². The molecular formula is C10H16N2. The highest BCUT2D eigenvalue weighted by Crippen LogP contribution is 1.93. The van der Waals surface area contributed by atoms with Crippen LogP contribution in [0.3, 0.4) is 0 Å². The standard InChI is InChI=1S/C10H16N2/c1-3-4-5-6-9-12-10(2)7-8-11/h1,10,12H,4-7,9H2,2H3. The van der Waals surface area contributed by atoms with Gasteiger partial charge in [-0.3, -0.25) is 0 Å². The second-order valence-corrected chi connectivity index (χ2v) is 2.88. The normalized spacial score (nSPS) is 11.6. The number of hydrogen-bond donors (Lipinski definition) is 1. The van der Waals surface area contributed by atoms with Gasteiger partial charge in [-0.1, -0.05) is 0 Å². The molecule has 0 bridgehead atoms. The Kier molecular flexibility index (Phi) is 7.44. The molecule has 66 valence electrons. The topological polar surface area (TPSA) is 35.8 Å². The van der Waals surface area contributed by atoms with Gasteiger partial charge in [-0.25, -0.2) is 0 Å². The summed E-state index contributed by atoms with van der Waals surface area (Å²) in [6, 6.07) is 2.43. The Bertz CT molecular complexity index is 173. The molecule has 0 heterocycles. The number of rotatable bonds is 6. The molecule has 0 aromatic rings. The van der Waals surface area contributed by atoms with E-state index >= 15 is 0 Å². The minimum absolute atomic E-state index is 0.306. The number of nitrogens with one attached hydrogen (secondary N) is 1. The van der Waals surface area contributed by atoms with E-state index in [4.69, 9.17) is 11.7 Å². The average Bonchev–Trinajstić information content (AvgIpc) is 2.05. The minimum Gasteiger partial charge on any atom is -0.313 e. The zero-order valence-corrected chi connectivity index (χ0v) is 7.64. The van der Waals surface area contributed by atoms with E-state index in [0.717, 1.165) is 25.8 Å². The summed E-state index contributed by atoms with van der Waals surface area (Å²) < 4.78 is 0. The minimum atomic E-state index is 0.306. The highest BCUT2D eigenvalue weighted by Gasteiger charge is 1.97. The SMILES string of the molecule is C#CCCCCNC(C)CC#N. The zero-order chi connectivity index (χ0) is 9.23. The fraction of sp³-hybridized carbons (Fsp3) is 0.700. The molecule has 0 fully saturated rings. The summed E-state index contributed by atoms with van der Waals surface area (Å²) in [6.07, 6.45) is 8.71. The van der Waals surface area contributed by atoms with Gasteiger partial charge in [0.2, 0.25) is 0 Å². The Labute approximate surface area is 75.0 Å². The van der Waals surface area contributed by atoms with E-state index in [1.165, 1.54) is 0 Å². The summed E-state index contributed by atoms with van der Waals surface area (Å²) in [6.45, 7) is 2.98. The van der Waals surface area contributed by atoms with Crippen molar-refractivity contribution in [1.29, 1.82) is 5.26 Å². The summed E-state index contributed by atoms with van der Waals surface area (Å²) in [5.74, 6) is 2.60. The number of nitrogens with zero attached hydrogens (tertiary/aromatic N) is 1. The van der Waals surface area contributed by atoms with E-state index < -0.39 is 0 Å². The highest BCUT2D eigenvalue weighted by atomic mass is 14.9. The molecule has 0 aliphatic rings. The fourth-order valence-electron chi connectivity index (χ4n) is 0.910. The van der Waals surface area contributed by atoms with Crippen LogP contribution in [0.4, 0.5) is 0 Å². The van der Waals surface area contributed by atoms with Gasteiger partial charge in [-0.15, -0.1) is 12.3 Å². The van der Waals surface area contributed by atoms with Crippen molar-refractivity contribution in [3.8, 4) is 18.4 Å². The lowest BCUT2D eigenvalue weighted by Crippen LogP contribution is -2.26. The Balaban J connectivity index is 3.10. The second-order valence-electron chi connectivity index (χ2n) is 2.88. The van der Waals surface area contributed by atoms with Crippen LogP contribution in [0.1, 0.15) is 32.6 Å². The van der Waals surface area contributed by atoms with Crippen molar-refractivity contribution in [2.24, 2.45) is 0 Å². The van der Waals surface area contributed by atoms with E-state index in [0.29, 0.717) is 12.5 Å². The van der Waals surface area contributed by atoms with Gasteiger partial charge in [-0.05, 0) is 26.3 Å². The van der Waals surface area contributed by atoms with Crippen molar-refractivity contribution >= 4 is 0 Å². The van der Waals surface area contributed by atoms with E-state index in [1.54, 1.807) is 0 Å². The largest absolute Gasteiger partial charge is 0.313 e. The van der Waals surface area contributed by atoms with Crippen molar-refractivity contribution < 1.29 is 0 Å². The van der Waals surface area contributed by atoms with Gasteiger partial charge < -0.3 is 5.32 Å². The average molecular weight is 164 g/mol. The molecule has 1 atom stereocenters. The van der Waals surface area contributed by atoms with Crippen molar-refractivity contribution in [3.63, 3.8) is 0 Å². The van der Waals surface area contributed by atoms with E-state index in [1.807, 2.05) is 6.92 Å². The predicted octanol–water partition coefficient (Wildman–Crippen LogP) is 1.68. The highest BCUT2D eigenvalue weighted by molar-refractivity contribution is 4.83. The van der Waals surface area contributed by atoms with Crippen LogP contribution >= 0.6 is 0 Å². The van der Waals surface area contributed by atoms with Crippen LogP contribution in [0.5, 0.6) is 0 Å². The maximum Gasteiger partial charge on any atom is 0.0638 e. The number of unbranched alkanes of at least 4 members (excludes halogenated alkanes) is 2. The van der Waals surface area contributed by atoms with Crippen molar-refractivity contribution in [2.45, 2.75) is 38.6 Å².